The van der Waals surface area contributed by atoms with Gasteiger partial charge in [0.2, 0.25) is 23.4 Å². The molecule has 488 valence electrons. The third-order valence-electron chi connectivity index (χ3n) is 12.7. The fourth-order valence-electron chi connectivity index (χ4n) is 8.84. The Labute approximate surface area is 476 Å². The molecule has 0 unspecified atom stereocenters. The summed E-state index contributed by atoms with van der Waals surface area (Å²) in [4.78, 5) is 149. The first kappa shape index (κ1) is 72.8. The second-order valence-electron chi connectivity index (χ2n) is 18.6. The summed E-state index contributed by atoms with van der Waals surface area (Å²) in [5.74, 6) is -17.6. The molecule has 0 aromatic carbocycles. The lowest BCUT2D eigenvalue weighted by atomic mass is 9.90. The maximum Gasteiger partial charge on any atom is 0.309 e. The van der Waals surface area contributed by atoms with Gasteiger partial charge in [0.25, 0.3) is 12.9 Å². The number of hydrogen-bond acceptors (Lipinski definition) is 39. The van der Waals surface area contributed by atoms with Gasteiger partial charge < -0.3 is 171 Å². The van der Waals surface area contributed by atoms with Crippen molar-refractivity contribution in [3.63, 3.8) is 0 Å². The number of phosphoric acid groups is 2. The lowest BCUT2D eigenvalue weighted by molar-refractivity contribution is -0.420. The molecule has 4 aliphatic heterocycles. The molecule has 20 atom stereocenters. The summed E-state index contributed by atoms with van der Waals surface area (Å²) in [6.45, 7) is -9.42. The molecule has 0 aromatic heterocycles. The lowest BCUT2D eigenvalue weighted by Crippen LogP contribution is -2.71. The monoisotopic (exact) mass is 1280 g/mol. The number of rotatable bonds is 34. The summed E-state index contributed by atoms with van der Waals surface area (Å²) >= 11 is 0. The van der Waals surface area contributed by atoms with Crippen molar-refractivity contribution >= 4 is 64.3 Å². The van der Waals surface area contributed by atoms with Crippen LogP contribution in [0.25, 0.3) is 0 Å². The predicted molar refractivity (Wildman–Crippen MR) is 240 cm³/mol. The highest BCUT2D eigenvalue weighted by Crippen LogP contribution is 2.42. The van der Waals surface area contributed by atoms with Gasteiger partial charge in [-0.05, 0) is 0 Å². The Morgan fingerprint density at radius 3 is 1.66 bits per heavy atom. The van der Waals surface area contributed by atoms with Crippen LogP contribution >= 0.6 is 15.6 Å². The Bertz CT molecular complexity index is 2350. The summed E-state index contributed by atoms with van der Waals surface area (Å²) in [5.41, 5.74) is 0. The number of aliphatic carboxylic acids is 2. The van der Waals surface area contributed by atoms with E-state index in [1.165, 1.54) is 0 Å². The number of amides is 2. The first-order chi connectivity index (χ1) is 39.8. The molecule has 0 aromatic rings. The summed E-state index contributed by atoms with van der Waals surface area (Å²) in [6, 6.07) is -4.54. The minimum absolute atomic E-state index is 0.122. The Balaban J connectivity index is 1.91. The zero-order chi connectivity index (χ0) is 63.8. The number of esters is 2. The summed E-state index contributed by atoms with van der Waals surface area (Å²) in [6.07, 6.45) is -45.5. The number of hydrogen-bond donors (Lipinski definition) is 12. The van der Waals surface area contributed by atoms with E-state index < -0.39 is 264 Å². The molecule has 4 aliphatic rings. The van der Waals surface area contributed by atoms with E-state index in [1.807, 2.05) is 5.32 Å². The molecule has 41 nitrogen and oxygen atoms in total. The number of phosphoric ester groups is 2. The zero-order valence-corrected chi connectivity index (χ0v) is 45.4. The van der Waals surface area contributed by atoms with Crippen molar-refractivity contribution in [1.29, 1.82) is 0 Å². The van der Waals surface area contributed by atoms with E-state index in [4.69, 9.17) is 47.2 Å². The van der Waals surface area contributed by atoms with Gasteiger partial charge in [-0.2, -0.15) is 0 Å². The Kier molecular flexibility index (Phi) is 27.8. The zero-order valence-electron chi connectivity index (χ0n) is 43.7. The summed E-state index contributed by atoms with van der Waals surface area (Å²) in [7, 11) is -12.8. The fourth-order valence-corrected chi connectivity index (χ4v) is 9.83. The van der Waals surface area contributed by atoms with E-state index in [0.717, 1.165) is 0 Å². The first-order valence-electron chi connectivity index (χ1n) is 24.9. The van der Waals surface area contributed by atoms with Gasteiger partial charge in [0.15, 0.2) is 24.8 Å². The predicted octanol–water partition coefficient (Wildman–Crippen LogP) is -15.8. The van der Waals surface area contributed by atoms with Crippen LogP contribution in [0.5, 0.6) is 0 Å². The molecular weight excluding hydrogens is 1220 g/mol. The van der Waals surface area contributed by atoms with Crippen LogP contribution in [0.15, 0.2) is 0 Å². The van der Waals surface area contributed by atoms with Crippen molar-refractivity contribution in [1.82, 2.24) is 10.6 Å². The standard InChI is InChI=1S/C42H66N2O39P2/c45-5-1-23(54)43-27-35(77-25(56)2-6-46)31(60)21(75-38(27)83-85(68,69)70)13-73-37-28(44-24(55)3-7-71-15-49)36(78-26(57)4-8-72-16-50)34(82-84(65,66)67)22(76-37)14-74-41(39(61)62)10-20(30(59)33(80-41)19(53)12-48)79-42(40(63)64)9-17(51)29(58)32(81-42)18(52)11-47/h15-22,27-38,45-48,51-53,58-60H,1-14H2,(H,43,54)(H,44,55)(H,61,62)(H,63,64)(H2,65,66,67)(H2,68,69,70)/p-6/t17-,18-,19-,20-,21-,22-,27-,28-,29-,30-,31-,32-,33-,34-,35-,36-,37-,38-,41-,42-/m1/s1. The molecule has 0 saturated carbocycles. The maximum atomic E-state index is 13.5. The van der Waals surface area contributed by atoms with Crippen molar-refractivity contribution < 1.29 is 189 Å². The van der Waals surface area contributed by atoms with Crippen LogP contribution in [0.2, 0.25) is 0 Å². The molecule has 0 bridgehead atoms. The highest BCUT2D eigenvalue weighted by Gasteiger charge is 2.59. The molecule has 43 heteroatoms. The Morgan fingerprint density at radius 1 is 0.612 bits per heavy atom. The normalized spacial score (nSPS) is 34.1. The summed E-state index contributed by atoms with van der Waals surface area (Å²) < 4.78 is 92.3. The maximum absolute atomic E-state index is 13.5. The molecule has 2 amide bonds. The second kappa shape index (κ2) is 32.5. The molecule has 0 spiro atoms. The van der Waals surface area contributed by atoms with Crippen molar-refractivity contribution in [3.05, 3.63) is 0 Å². The van der Waals surface area contributed by atoms with Crippen molar-refractivity contribution in [3.8, 4) is 0 Å². The molecule has 0 radical (unpaired) electrons. The van der Waals surface area contributed by atoms with E-state index >= 15 is 0 Å². The minimum atomic E-state index is -6.57. The number of carboxylic acid groups (broad SMARTS) is 2. The molecule has 12 N–H and O–H groups in total. The average Bonchev–Trinajstić information content (AvgIpc) is 1.16. The molecule has 4 rings (SSSR count). The number of aliphatic hydroxyl groups excluding tert-OH is 10. The van der Waals surface area contributed by atoms with Crippen LogP contribution in [0, 0.1) is 0 Å². The van der Waals surface area contributed by atoms with Gasteiger partial charge >= 0.3 is 11.9 Å². The van der Waals surface area contributed by atoms with Crippen LogP contribution in [0.3, 0.4) is 0 Å². The fraction of sp³-hybridized carbons (Fsp3) is 0.810. The third-order valence-corrected chi connectivity index (χ3v) is 13.7. The molecule has 4 fully saturated rings. The average molecular weight is 1280 g/mol. The number of aliphatic hydroxyl groups is 10. The van der Waals surface area contributed by atoms with Gasteiger partial charge in [-0.25, -0.2) is 0 Å². The molecule has 85 heavy (non-hydrogen) atoms. The highest BCUT2D eigenvalue weighted by molar-refractivity contribution is 7.43. The third kappa shape index (κ3) is 20.2. The molecule has 4 heterocycles. The quantitative estimate of drug-likeness (QED) is 0.00936. The van der Waals surface area contributed by atoms with Gasteiger partial charge in [-0.1, -0.05) is 0 Å². The van der Waals surface area contributed by atoms with Crippen LogP contribution in [0.4, 0.5) is 0 Å². The topological polar surface area (TPSA) is 655 Å². The number of carboxylic acids is 2. The van der Waals surface area contributed by atoms with Gasteiger partial charge in [0, 0.05) is 19.3 Å². The van der Waals surface area contributed by atoms with Gasteiger partial charge in [0.1, 0.15) is 91.7 Å². The number of carbonyl (C=O) groups excluding carboxylic acids is 8. The van der Waals surface area contributed by atoms with Crippen LogP contribution in [0.1, 0.15) is 38.5 Å². The smallest absolute Gasteiger partial charge is 0.309 e. The van der Waals surface area contributed by atoms with E-state index in [1.54, 1.807) is 0 Å². The lowest BCUT2D eigenvalue weighted by Gasteiger charge is -2.53. The van der Waals surface area contributed by atoms with Gasteiger partial charge in [-0.3, -0.25) is 28.8 Å². The summed E-state index contributed by atoms with van der Waals surface area (Å²) in [5, 5.41) is 134. The van der Waals surface area contributed by atoms with Crippen LogP contribution < -0.4 is 40.4 Å². The second-order valence-corrected chi connectivity index (χ2v) is 20.8. The highest BCUT2D eigenvalue weighted by atomic mass is 31.2. The number of nitrogens with one attached hydrogen (secondary N) is 2. The van der Waals surface area contributed by atoms with E-state index in [0.29, 0.717) is 0 Å². The minimum Gasteiger partial charge on any atom is -0.790 e. The first-order valence-corrected chi connectivity index (χ1v) is 27.8. The number of ether oxygens (including phenoxy) is 11. The Morgan fingerprint density at radius 2 is 1.12 bits per heavy atom. The van der Waals surface area contributed by atoms with Crippen LogP contribution in [-0.4, -0.2) is 274 Å². The SMILES string of the molecule is O=COCCC(=O)N[C@H]1[C@H](OC[C@H]2O[C@H](OP(=O)([O-])[O-])[C@H](NC(=O)CCO)[C@@H](OC(=O)CCO)[C@@H]2O)O[C@H](CO[C@]2(C(=O)[O-])C[C@@H](O[C@]3(C(=O)[O-])C[C@@H](O)[C@@H](O)[C@@H]([C@H](O)CO)O3)[C@@H](O)[C@@H]([C@H](O)CO)O2)[C@@H](OP(=O)([O-])[O-])[C@@H]1OC(=O)CCOC=O. The van der Waals surface area contributed by atoms with Crippen molar-refractivity contribution in [2.45, 2.75) is 160 Å². The van der Waals surface area contributed by atoms with Gasteiger partial charge in [-0.15, -0.1) is 0 Å². The molecule has 0 aliphatic carbocycles. The molecule has 4 saturated heterocycles. The van der Waals surface area contributed by atoms with Crippen molar-refractivity contribution in [2.24, 2.45) is 0 Å². The van der Waals surface area contributed by atoms with E-state index in [2.05, 4.69) is 19.3 Å². The van der Waals surface area contributed by atoms with Gasteiger partial charge in [0.05, 0.1) is 93.4 Å². The van der Waals surface area contributed by atoms with Crippen molar-refractivity contribution in [2.75, 3.05) is 52.9 Å². The van der Waals surface area contributed by atoms with E-state index in [-0.39, 0.29) is 12.9 Å². The van der Waals surface area contributed by atoms with Crippen LogP contribution in [-0.2, 0) is 109 Å². The van der Waals surface area contributed by atoms with E-state index in [9.17, 15) is 128 Å². The molecular formula is C42H60N2O39P2-6. The number of carbonyl (C=O) groups is 8. The Hall–Kier alpha value is -4.70. The largest absolute Gasteiger partial charge is 0.790 e.